The molecule has 8 nitrogen and oxygen atoms in total. The third kappa shape index (κ3) is 6.29. The zero-order valence-electron chi connectivity index (χ0n) is 12.1. The molecule has 0 atom stereocenters. The lowest BCUT2D eigenvalue weighted by atomic mass is 10.3. The summed E-state index contributed by atoms with van der Waals surface area (Å²) in [5.41, 5.74) is 0.532. The molecule has 22 heavy (non-hydrogen) atoms. The van der Waals surface area contributed by atoms with E-state index in [0.717, 1.165) is 0 Å². The number of ether oxygens (including phenoxy) is 1. The highest BCUT2D eigenvalue weighted by Gasteiger charge is 2.06. The number of amides is 1. The molecule has 3 N–H and O–H groups in total. The first-order valence-corrected chi connectivity index (χ1v) is 7.58. The Kier molecular flexibility index (Phi) is 6.42. The fourth-order valence-electron chi connectivity index (χ4n) is 1.33. The SMILES string of the molecule is CC(=O)Nc1ccc(S(N)(=O)=O)cc1.COc1ccncn1. The Morgan fingerprint density at radius 3 is 2.23 bits per heavy atom. The van der Waals surface area contributed by atoms with Crippen LogP contribution >= 0.6 is 0 Å². The van der Waals surface area contributed by atoms with Crippen molar-refractivity contribution in [3.63, 3.8) is 0 Å². The van der Waals surface area contributed by atoms with Gasteiger partial charge in [-0.15, -0.1) is 0 Å². The lowest BCUT2D eigenvalue weighted by molar-refractivity contribution is -0.114. The number of rotatable bonds is 3. The van der Waals surface area contributed by atoms with Crippen LogP contribution in [0.25, 0.3) is 0 Å². The predicted octanol–water partition coefficient (Wildman–Crippen LogP) is 0.778. The van der Waals surface area contributed by atoms with E-state index in [1.165, 1.54) is 37.5 Å². The molecule has 0 bridgehead atoms. The Bertz CT molecular complexity index is 703. The molecule has 2 aromatic rings. The number of hydrogen-bond acceptors (Lipinski definition) is 6. The molecule has 0 aliphatic rings. The molecule has 0 fully saturated rings. The molecule has 2 rings (SSSR count). The van der Waals surface area contributed by atoms with Gasteiger partial charge in [-0.05, 0) is 24.3 Å². The number of methoxy groups -OCH3 is 1. The van der Waals surface area contributed by atoms with E-state index in [1.807, 2.05) is 0 Å². The standard InChI is InChI=1S/C8H10N2O3S.C5H6N2O/c1-6(11)10-7-2-4-8(5-3-7)14(9,12)13;1-8-5-2-3-6-4-7-5/h2-5H,1H3,(H,10,11)(H2,9,12,13);2-4H,1H3. The normalized spacial score (nSPS) is 10.1. The Morgan fingerprint density at radius 2 is 1.86 bits per heavy atom. The van der Waals surface area contributed by atoms with Gasteiger partial charge in [-0.2, -0.15) is 0 Å². The minimum atomic E-state index is -3.66. The lowest BCUT2D eigenvalue weighted by Crippen LogP contribution is -2.12. The van der Waals surface area contributed by atoms with Gasteiger partial charge in [0.05, 0.1) is 12.0 Å². The zero-order chi connectivity index (χ0) is 16.6. The number of nitrogens with one attached hydrogen (secondary N) is 1. The van der Waals surface area contributed by atoms with Gasteiger partial charge in [0.2, 0.25) is 21.8 Å². The van der Waals surface area contributed by atoms with Gasteiger partial charge >= 0.3 is 0 Å². The van der Waals surface area contributed by atoms with Crippen LogP contribution in [0.3, 0.4) is 0 Å². The summed E-state index contributed by atoms with van der Waals surface area (Å²) in [5, 5.41) is 7.40. The van der Waals surface area contributed by atoms with Crippen LogP contribution in [-0.4, -0.2) is 31.4 Å². The predicted molar refractivity (Wildman–Crippen MR) is 80.7 cm³/mol. The van der Waals surface area contributed by atoms with Gasteiger partial charge in [0.25, 0.3) is 0 Å². The summed E-state index contributed by atoms with van der Waals surface area (Å²) in [7, 11) is -2.09. The molecule has 9 heteroatoms. The monoisotopic (exact) mass is 324 g/mol. The summed E-state index contributed by atoms with van der Waals surface area (Å²) in [6.07, 6.45) is 3.07. The molecule has 0 unspecified atom stereocenters. The van der Waals surface area contributed by atoms with Crippen LogP contribution in [0.5, 0.6) is 5.88 Å². The van der Waals surface area contributed by atoms with Crippen molar-refractivity contribution in [3.8, 4) is 5.88 Å². The number of nitrogens with zero attached hydrogens (tertiary/aromatic N) is 2. The molecule has 1 aromatic carbocycles. The van der Waals surface area contributed by atoms with Gasteiger partial charge in [0.15, 0.2) is 0 Å². The van der Waals surface area contributed by atoms with E-state index < -0.39 is 10.0 Å². The number of sulfonamides is 1. The van der Waals surface area contributed by atoms with Crippen molar-refractivity contribution in [2.75, 3.05) is 12.4 Å². The highest BCUT2D eigenvalue weighted by molar-refractivity contribution is 7.89. The molecule has 0 aliphatic carbocycles. The van der Waals surface area contributed by atoms with Crippen molar-refractivity contribution in [3.05, 3.63) is 42.9 Å². The highest BCUT2D eigenvalue weighted by atomic mass is 32.2. The topological polar surface area (TPSA) is 124 Å². The third-order valence-electron chi connectivity index (χ3n) is 2.27. The number of anilines is 1. The molecule has 0 aliphatic heterocycles. The maximum absolute atomic E-state index is 10.9. The number of aromatic nitrogens is 2. The summed E-state index contributed by atoms with van der Waals surface area (Å²) >= 11 is 0. The number of carbonyl (C=O) groups is 1. The number of carbonyl (C=O) groups excluding carboxylic acids is 1. The second kappa shape index (κ2) is 8.05. The number of benzene rings is 1. The van der Waals surface area contributed by atoms with E-state index in [-0.39, 0.29) is 10.8 Å². The van der Waals surface area contributed by atoms with Crippen LogP contribution in [0.4, 0.5) is 5.69 Å². The van der Waals surface area contributed by atoms with E-state index in [1.54, 1.807) is 19.4 Å². The summed E-state index contributed by atoms with van der Waals surface area (Å²) in [4.78, 5) is 18.1. The maximum Gasteiger partial charge on any atom is 0.238 e. The van der Waals surface area contributed by atoms with Crippen molar-refractivity contribution >= 4 is 21.6 Å². The van der Waals surface area contributed by atoms with E-state index in [4.69, 9.17) is 9.88 Å². The minimum Gasteiger partial charge on any atom is -0.481 e. The van der Waals surface area contributed by atoms with Crippen LogP contribution in [0, 0.1) is 0 Å². The van der Waals surface area contributed by atoms with E-state index in [0.29, 0.717) is 11.6 Å². The fraction of sp³-hybridized carbons (Fsp3) is 0.154. The third-order valence-corrected chi connectivity index (χ3v) is 3.20. The quantitative estimate of drug-likeness (QED) is 0.859. The van der Waals surface area contributed by atoms with E-state index in [2.05, 4.69) is 15.3 Å². The molecule has 0 radical (unpaired) electrons. The molecule has 1 heterocycles. The van der Waals surface area contributed by atoms with E-state index >= 15 is 0 Å². The summed E-state index contributed by atoms with van der Waals surface area (Å²) < 4.78 is 26.5. The van der Waals surface area contributed by atoms with Crippen molar-refractivity contribution < 1.29 is 17.9 Å². The number of hydrogen-bond donors (Lipinski definition) is 2. The Labute approximate surface area is 128 Å². The molecule has 1 amide bonds. The summed E-state index contributed by atoms with van der Waals surface area (Å²) in [6.45, 7) is 1.37. The molecule has 118 valence electrons. The highest BCUT2D eigenvalue weighted by Crippen LogP contribution is 2.12. The van der Waals surface area contributed by atoms with Crippen LogP contribution < -0.4 is 15.2 Å². The Morgan fingerprint density at radius 1 is 1.23 bits per heavy atom. The minimum absolute atomic E-state index is 0.0200. The van der Waals surface area contributed by atoms with Crippen LogP contribution in [0.15, 0.2) is 47.8 Å². The molecular weight excluding hydrogens is 308 g/mol. The average molecular weight is 324 g/mol. The number of primary sulfonamides is 1. The van der Waals surface area contributed by atoms with Gasteiger partial charge in [-0.25, -0.2) is 23.5 Å². The molecule has 0 spiro atoms. The van der Waals surface area contributed by atoms with Gasteiger partial charge in [-0.3, -0.25) is 4.79 Å². The van der Waals surface area contributed by atoms with Crippen LogP contribution in [0.1, 0.15) is 6.92 Å². The van der Waals surface area contributed by atoms with Crippen molar-refractivity contribution in [1.82, 2.24) is 9.97 Å². The van der Waals surface area contributed by atoms with Crippen LogP contribution in [-0.2, 0) is 14.8 Å². The van der Waals surface area contributed by atoms with Crippen molar-refractivity contribution in [2.45, 2.75) is 11.8 Å². The van der Waals surface area contributed by atoms with Crippen molar-refractivity contribution in [1.29, 1.82) is 0 Å². The summed E-state index contributed by atoms with van der Waals surface area (Å²) in [6, 6.07) is 7.31. The first-order valence-electron chi connectivity index (χ1n) is 6.03. The van der Waals surface area contributed by atoms with Crippen LogP contribution in [0.2, 0.25) is 0 Å². The second-order valence-electron chi connectivity index (χ2n) is 4.00. The second-order valence-corrected chi connectivity index (χ2v) is 5.56. The first kappa shape index (κ1) is 17.5. The smallest absolute Gasteiger partial charge is 0.238 e. The maximum atomic E-state index is 10.9. The van der Waals surface area contributed by atoms with E-state index in [9.17, 15) is 13.2 Å². The van der Waals surface area contributed by atoms with Gasteiger partial charge in [-0.1, -0.05) is 0 Å². The average Bonchev–Trinajstić information content (AvgIpc) is 2.48. The van der Waals surface area contributed by atoms with Gasteiger partial charge in [0, 0.05) is 24.9 Å². The molecule has 1 aromatic heterocycles. The van der Waals surface area contributed by atoms with Gasteiger partial charge < -0.3 is 10.1 Å². The van der Waals surface area contributed by atoms with Crippen molar-refractivity contribution in [2.24, 2.45) is 5.14 Å². The van der Waals surface area contributed by atoms with Gasteiger partial charge in [0.1, 0.15) is 6.33 Å². The Hall–Kier alpha value is -2.52. The zero-order valence-corrected chi connectivity index (χ0v) is 12.9. The fourth-order valence-corrected chi connectivity index (χ4v) is 1.85. The number of nitrogens with two attached hydrogens (primary N) is 1. The largest absolute Gasteiger partial charge is 0.481 e. The molecule has 0 saturated carbocycles. The molecular formula is C13H16N4O4S. The molecule has 0 saturated heterocycles. The first-order chi connectivity index (χ1) is 10.3. The lowest BCUT2D eigenvalue weighted by Gasteiger charge is -2.02. The Balaban J connectivity index is 0.000000255. The summed E-state index contributed by atoms with van der Waals surface area (Å²) in [5.74, 6) is 0.383.